The fourth-order valence-electron chi connectivity index (χ4n) is 0.634. The predicted molar refractivity (Wildman–Crippen MR) is 45.5 cm³/mol. The van der Waals surface area contributed by atoms with Gasteiger partial charge in [-0.2, -0.15) is 0 Å². The first kappa shape index (κ1) is 11.4. The van der Waals surface area contributed by atoms with Gasteiger partial charge in [-0.3, -0.25) is 4.79 Å². The summed E-state index contributed by atoms with van der Waals surface area (Å²) in [7, 11) is 0. The van der Waals surface area contributed by atoms with Crippen LogP contribution in [0.15, 0.2) is 0 Å². The van der Waals surface area contributed by atoms with Gasteiger partial charge < -0.3 is 15.6 Å². The van der Waals surface area contributed by atoms with Crippen molar-refractivity contribution >= 4 is 5.97 Å². The maximum Gasteiger partial charge on any atom is 0.323 e. The zero-order valence-electron chi connectivity index (χ0n) is 7.83. The third kappa shape index (κ3) is 5.09. The number of carbonyl (C=O) groups excluding carboxylic acids is 1. The SMILES string of the molecule is CC(C)(C)OC(=O)[C@@H](N)CCO. The van der Waals surface area contributed by atoms with Crippen molar-refractivity contribution in [2.24, 2.45) is 5.73 Å². The second-order valence-corrected chi connectivity index (χ2v) is 3.65. The lowest BCUT2D eigenvalue weighted by atomic mass is 10.2. The molecule has 0 radical (unpaired) electrons. The minimum Gasteiger partial charge on any atom is -0.459 e. The van der Waals surface area contributed by atoms with Crippen molar-refractivity contribution in [1.29, 1.82) is 0 Å². The summed E-state index contributed by atoms with van der Waals surface area (Å²) in [4.78, 5) is 11.1. The normalized spacial score (nSPS) is 14.1. The molecular weight excluding hydrogens is 158 g/mol. The zero-order chi connectivity index (χ0) is 9.78. The summed E-state index contributed by atoms with van der Waals surface area (Å²) in [6.07, 6.45) is 0.245. The molecule has 0 aliphatic carbocycles. The maximum atomic E-state index is 11.1. The molecule has 12 heavy (non-hydrogen) atoms. The van der Waals surface area contributed by atoms with Crippen LogP contribution in [0.3, 0.4) is 0 Å². The van der Waals surface area contributed by atoms with Gasteiger partial charge in [0.1, 0.15) is 11.6 Å². The van der Waals surface area contributed by atoms with Crippen molar-refractivity contribution in [3.05, 3.63) is 0 Å². The molecule has 0 aromatic heterocycles. The number of hydrogen-bond acceptors (Lipinski definition) is 4. The van der Waals surface area contributed by atoms with E-state index in [4.69, 9.17) is 15.6 Å². The standard InChI is InChI=1S/C8H17NO3/c1-8(2,3)12-7(11)6(9)4-5-10/h6,10H,4-5,9H2,1-3H3/t6-/m0/s1. The largest absolute Gasteiger partial charge is 0.459 e. The van der Waals surface area contributed by atoms with Gasteiger partial charge in [-0.05, 0) is 27.2 Å². The molecule has 0 aliphatic heterocycles. The number of hydrogen-bond donors (Lipinski definition) is 2. The number of esters is 1. The third-order valence-electron chi connectivity index (χ3n) is 1.15. The second-order valence-electron chi connectivity index (χ2n) is 3.65. The molecule has 4 nitrogen and oxygen atoms in total. The molecule has 0 bridgehead atoms. The highest BCUT2D eigenvalue weighted by Crippen LogP contribution is 2.08. The van der Waals surface area contributed by atoms with E-state index in [0.29, 0.717) is 0 Å². The van der Waals surface area contributed by atoms with Gasteiger partial charge in [-0.1, -0.05) is 0 Å². The predicted octanol–water partition coefficient (Wildman–Crippen LogP) is 0.0378. The van der Waals surface area contributed by atoms with Crippen LogP contribution in [0.5, 0.6) is 0 Å². The van der Waals surface area contributed by atoms with E-state index in [1.165, 1.54) is 0 Å². The molecule has 0 amide bonds. The van der Waals surface area contributed by atoms with Crippen molar-refractivity contribution in [2.75, 3.05) is 6.61 Å². The molecule has 1 atom stereocenters. The Hall–Kier alpha value is -0.610. The van der Waals surface area contributed by atoms with Gasteiger partial charge in [0, 0.05) is 6.61 Å². The molecule has 0 rings (SSSR count). The first-order valence-corrected chi connectivity index (χ1v) is 3.96. The van der Waals surface area contributed by atoms with Gasteiger partial charge in [0.25, 0.3) is 0 Å². The first-order chi connectivity index (χ1) is 5.37. The Morgan fingerprint density at radius 2 is 2.08 bits per heavy atom. The van der Waals surface area contributed by atoms with Crippen molar-refractivity contribution in [3.63, 3.8) is 0 Å². The van der Waals surface area contributed by atoms with Gasteiger partial charge in [0.05, 0.1) is 0 Å². The number of carbonyl (C=O) groups is 1. The van der Waals surface area contributed by atoms with E-state index < -0.39 is 17.6 Å². The highest BCUT2D eigenvalue weighted by Gasteiger charge is 2.21. The monoisotopic (exact) mass is 175 g/mol. The molecule has 72 valence electrons. The Balaban J connectivity index is 3.87. The van der Waals surface area contributed by atoms with Crippen LogP contribution in [0.25, 0.3) is 0 Å². The average molecular weight is 175 g/mol. The van der Waals surface area contributed by atoms with Crippen LogP contribution in [-0.2, 0) is 9.53 Å². The molecule has 4 heteroatoms. The smallest absolute Gasteiger partial charge is 0.323 e. The summed E-state index contributed by atoms with van der Waals surface area (Å²) in [6, 6.07) is -0.714. The van der Waals surface area contributed by atoms with Crippen LogP contribution in [-0.4, -0.2) is 29.3 Å². The van der Waals surface area contributed by atoms with Crippen molar-refractivity contribution in [2.45, 2.75) is 38.8 Å². The topological polar surface area (TPSA) is 72.5 Å². The number of ether oxygens (including phenoxy) is 1. The van der Waals surface area contributed by atoms with Crippen LogP contribution in [0, 0.1) is 0 Å². The van der Waals surface area contributed by atoms with Gasteiger partial charge in [-0.25, -0.2) is 0 Å². The number of nitrogens with two attached hydrogens (primary N) is 1. The molecule has 0 heterocycles. The van der Waals surface area contributed by atoms with Crippen molar-refractivity contribution in [1.82, 2.24) is 0 Å². The molecule has 0 saturated heterocycles. The fraction of sp³-hybridized carbons (Fsp3) is 0.875. The Kier molecular flexibility index (Phi) is 4.20. The van der Waals surface area contributed by atoms with Crippen LogP contribution >= 0.6 is 0 Å². The summed E-state index contributed by atoms with van der Waals surface area (Å²) in [5, 5.41) is 8.50. The number of aliphatic hydroxyl groups is 1. The van der Waals surface area contributed by atoms with E-state index in [2.05, 4.69) is 0 Å². The summed E-state index contributed by atoms with van der Waals surface area (Å²) >= 11 is 0. The highest BCUT2D eigenvalue weighted by atomic mass is 16.6. The maximum absolute atomic E-state index is 11.1. The lowest BCUT2D eigenvalue weighted by Gasteiger charge is -2.21. The molecule has 0 spiro atoms. The van der Waals surface area contributed by atoms with Crippen LogP contribution in [0.2, 0.25) is 0 Å². The van der Waals surface area contributed by atoms with Crippen LogP contribution in [0.4, 0.5) is 0 Å². The summed E-state index contributed by atoms with van der Waals surface area (Å²) in [5.41, 5.74) is 4.89. The van der Waals surface area contributed by atoms with Gasteiger partial charge >= 0.3 is 5.97 Å². The molecule has 0 aromatic carbocycles. The quantitative estimate of drug-likeness (QED) is 0.594. The van der Waals surface area contributed by atoms with Crippen LogP contribution < -0.4 is 5.73 Å². The van der Waals surface area contributed by atoms with Gasteiger partial charge in [0.2, 0.25) is 0 Å². The molecule has 0 aromatic rings. The van der Waals surface area contributed by atoms with E-state index in [9.17, 15) is 4.79 Å². The van der Waals surface area contributed by atoms with Crippen molar-refractivity contribution < 1.29 is 14.6 Å². The summed E-state index contributed by atoms with van der Waals surface area (Å²) < 4.78 is 4.98. The van der Waals surface area contributed by atoms with Crippen LogP contribution in [0.1, 0.15) is 27.2 Å². The Bertz CT molecular complexity index is 151. The molecule has 3 N–H and O–H groups in total. The second kappa shape index (κ2) is 4.42. The Labute approximate surface area is 72.7 Å². The molecule has 0 unspecified atom stereocenters. The number of aliphatic hydroxyl groups excluding tert-OH is 1. The minimum atomic E-state index is -0.714. The molecule has 0 saturated carbocycles. The molecule has 0 aliphatic rings. The zero-order valence-corrected chi connectivity index (χ0v) is 7.83. The first-order valence-electron chi connectivity index (χ1n) is 3.96. The minimum absolute atomic E-state index is 0.0968. The summed E-state index contributed by atoms with van der Waals surface area (Å²) in [6.45, 7) is 5.23. The van der Waals surface area contributed by atoms with E-state index in [1.807, 2.05) is 0 Å². The Morgan fingerprint density at radius 3 is 2.42 bits per heavy atom. The van der Waals surface area contributed by atoms with E-state index in [0.717, 1.165) is 0 Å². The lowest BCUT2D eigenvalue weighted by molar-refractivity contribution is -0.156. The number of rotatable bonds is 3. The van der Waals surface area contributed by atoms with Gasteiger partial charge in [0.15, 0.2) is 0 Å². The third-order valence-corrected chi connectivity index (χ3v) is 1.15. The Morgan fingerprint density at radius 1 is 1.58 bits per heavy atom. The molecule has 0 fully saturated rings. The van der Waals surface area contributed by atoms with E-state index >= 15 is 0 Å². The van der Waals surface area contributed by atoms with Crippen molar-refractivity contribution in [3.8, 4) is 0 Å². The van der Waals surface area contributed by atoms with E-state index in [1.54, 1.807) is 20.8 Å². The average Bonchev–Trinajstić information content (AvgIpc) is 1.84. The lowest BCUT2D eigenvalue weighted by Crippen LogP contribution is -2.37. The van der Waals surface area contributed by atoms with Gasteiger partial charge in [-0.15, -0.1) is 0 Å². The highest BCUT2D eigenvalue weighted by molar-refractivity contribution is 5.75. The summed E-state index contributed by atoms with van der Waals surface area (Å²) in [5.74, 6) is -0.462. The van der Waals surface area contributed by atoms with E-state index in [-0.39, 0.29) is 13.0 Å². The molecular formula is C8H17NO3. The fourth-order valence-corrected chi connectivity index (χ4v) is 0.634.